The number of aryl methyl sites for hydroxylation is 4. The fourth-order valence-electron chi connectivity index (χ4n) is 8.33. The maximum atomic E-state index is 7.29. The summed E-state index contributed by atoms with van der Waals surface area (Å²) in [6.07, 6.45) is 0. The third-order valence-corrected chi connectivity index (χ3v) is 12.2. The van der Waals surface area contributed by atoms with Gasteiger partial charge in [0, 0.05) is 55.0 Å². The van der Waals surface area contributed by atoms with Crippen molar-refractivity contribution in [2.24, 2.45) is 7.05 Å². The van der Waals surface area contributed by atoms with Crippen molar-refractivity contribution in [1.82, 2.24) is 4.57 Å². The summed E-state index contributed by atoms with van der Waals surface area (Å²) in [5.41, 5.74) is 12.7. The number of para-hydroxylation sites is 1. The summed E-state index contributed by atoms with van der Waals surface area (Å²) < 4.78 is 19.1. The number of fused-ring (bicyclic) bond motifs is 9. The molecule has 4 nitrogen and oxygen atoms in total. The van der Waals surface area contributed by atoms with E-state index in [2.05, 4.69) is 167 Å². The minimum Gasteiger partial charge on any atom is -0.457 e. The minimum absolute atomic E-state index is 0.0227. The van der Waals surface area contributed by atoms with Crippen molar-refractivity contribution in [3.8, 4) is 23.0 Å². The van der Waals surface area contributed by atoms with Crippen LogP contribution in [-0.4, -0.2) is 11.3 Å². The summed E-state index contributed by atoms with van der Waals surface area (Å²) in [6, 6.07) is 40.2. The molecule has 254 valence electrons. The number of aromatic nitrogens is 1. The quantitative estimate of drug-likeness (QED) is 0.172. The van der Waals surface area contributed by atoms with Crippen molar-refractivity contribution >= 4 is 82.7 Å². The Morgan fingerprint density at radius 2 is 1.29 bits per heavy atom. The molecular formula is C46H39BN2O2S. The Morgan fingerprint density at radius 1 is 0.654 bits per heavy atom. The van der Waals surface area contributed by atoms with Gasteiger partial charge in [0.2, 0.25) is 0 Å². The lowest BCUT2D eigenvalue weighted by Crippen LogP contribution is -2.56. The first-order valence-corrected chi connectivity index (χ1v) is 18.9. The summed E-state index contributed by atoms with van der Waals surface area (Å²) in [6.45, 7) is 13.2. The zero-order valence-corrected chi connectivity index (χ0v) is 31.4. The van der Waals surface area contributed by atoms with Crippen molar-refractivity contribution in [2.45, 2.75) is 47.0 Å². The highest BCUT2D eigenvalue weighted by atomic mass is 32.1. The van der Waals surface area contributed by atoms with E-state index in [0.29, 0.717) is 0 Å². The van der Waals surface area contributed by atoms with Crippen LogP contribution in [0.1, 0.15) is 43.0 Å². The van der Waals surface area contributed by atoms with Gasteiger partial charge in [0.1, 0.15) is 28.7 Å². The topological polar surface area (TPSA) is 26.6 Å². The second kappa shape index (κ2) is 11.0. The Morgan fingerprint density at radius 3 is 1.94 bits per heavy atom. The number of benzene rings is 6. The standard InChI is InChI=1S/C46H39BN2O2S/c1-26-12-17-30(18-13-26)49(31-19-14-27(2)15-20-31)42-41-33(32-10-8-9-11-36(32)48(41)7)25-35-44(42)51-38-23-28(3)22-37-40(38)47(35)45-43(50-37)34-24-29(46(4,5)6)16-21-39(34)52-45/h8-25H,1-7H3. The molecule has 6 aromatic carbocycles. The average molecular weight is 695 g/mol. The van der Waals surface area contributed by atoms with Gasteiger partial charge in [0.15, 0.2) is 0 Å². The second-order valence-corrected chi connectivity index (χ2v) is 16.8. The Hall–Kier alpha value is -5.46. The van der Waals surface area contributed by atoms with Gasteiger partial charge in [0.25, 0.3) is 6.71 Å². The third kappa shape index (κ3) is 4.53. The number of hydrogen-bond donors (Lipinski definition) is 0. The van der Waals surface area contributed by atoms with Crippen LogP contribution in [0.25, 0.3) is 31.9 Å². The van der Waals surface area contributed by atoms with E-state index in [9.17, 15) is 0 Å². The molecule has 2 aliphatic rings. The van der Waals surface area contributed by atoms with Crippen LogP contribution in [-0.2, 0) is 12.5 Å². The van der Waals surface area contributed by atoms with E-state index in [4.69, 9.17) is 9.47 Å². The van der Waals surface area contributed by atoms with Gasteiger partial charge in [-0.2, -0.15) is 0 Å². The number of nitrogens with zero attached hydrogens (tertiary/aromatic N) is 2. The smallest absolute Gasteiger partial charge is 0.273 e. The Labute approximate surface area is 308 Å². The molecule has 0 saturated heterocycles. The first-order chi connectivity index (χ1) is 25.0. The molecule has 0 spiro atoms. The van der Waals surface area contributed by atoms with E-state index in [-0.39, 0.29) is 12.1 Å². The SMILES string of the molecule is Cc1ccc(N(c2ccc(C)cc2)c2c3c(cc4c5ccccc5n(C)c24)B2c4sc5ccc(C(C)(C)C)cc5c4Oc4cc(C)cc(c42)O3)cc1. The van der Waals surface area contributed by atoms with Gasteiger partial charge < -0.3 is 18.9 Å². The molecule has 0 atom stereocenters. The van der Waals surface area contributed by atoms with Crippen molar-refractivity contribution < 1.29 is 9.47 Å². The summed E-state index contributed by atoms with van der Waals surface area (Å²) in [7, 11) is 2.19. The molecule has 0 aliphatic carbocycles. The van der Waals surface area contributed by atoms with E-state index in [1.54, 1.807) is 0 Å². The van der Waals surface area contributed by atoms with Crippen LogP contribution in [0.3, 0.4) is 0 Å². The van der Waals surface area contributed by atoms with Gasteiger partial charge in [-0.3, -0.25) is 0 Å². The maximum Gasteiger partial charge on any atom is 0.273 e. The van der Waals surface area contributed by atoms with Gasteiger partial charge in [0.05, 0.1) is 5.52 Å². The largest absolute Gasteiger partial charge is 0.457 e. The van der Waals surface area contributed by atoms with Crippen molar-refractivity contribution in [2.75, 3.05) is 4.90 Å². The highest BCUT2D eigenvalue weighted by Crippen LogP contribution is 2.50. The molecule has 52 heavy (non-hydrogen) atoms. The first-order valence-electron chi connectivity index (χ1n) is 18.1. The van der Waals surface area contributed by atoms with Crippen molar-refractivity contribution in [3.63, 3.8) is 0 Å². The van der Waals surface area contributed by atoms with Crippen LogP contribution in [0.2, 0.25) is 0 Å². The molecule has 4 heterocycles. The lowest BCUT2D eigenvalue weighted by atomic mass is 9.37. The zero-order chi connectivity index (χ0) is 35.6. The van der Waals surface area contributed by atoms with E-state index in [0.717, 1.165) is 62.1 Å². The van der Waals surface area contributed by atoms with Crippen LogP contribution >= 0.6 is 11.3 Å². The van der Waals surface area contributed by atoms with E-state index in [1.165, 1.54) is 47.8 Å². The number of thiophene rings is 1. The van der Waals surface area contributed by atoms with Gasteiger partial charge >= 0.3 is 0 Å². The molecule has 0 amide bonds. The highest BCUT2D eigenvalue weighted by Gasteiger charge is 2.45. The zero-order valence-electron chi connectivity index (χ0n) is 30.6. The molecular weight excluding hydrogens is 655 g/mol. The van der Waals surface area contributed by atoms with Crippen LogP contribution < -0.4 is 30.1 Å². The van der Waals surface area contributed by atoms with Gasteiger partial charge in [-0.15, -0.1) is 11.3 Å². The van der Waals surface area contributed by atoms with Crippen molar-refractivity contribution in [3.05, 3.63) is 131 Å². The Bertz CT molecular complexity index is 2720. The summed E-state index contributed by atoms with van der Waals surface area (Å²) in [4.78, 5) is 2.40. The monoisotopic (exact) mass is 694 g/mol. The molecule has 6 heteroatoms. The molecule has 0 N–H and O–H groups in total. The number of rotatable bonds is 3. The second-order valence-electron chi connectivity index (χ2n) is 15.7. The summed E-state index contributed by atoms with van der Waals surface area (Å²) >= 11 is 1.85. The Kier molecular flexibility index (Phi) is 6.63. The predicted octanol–water partition coefficient (Wildman–Crippen LogP) is 11.0. The minimum atomic E-state index is -0.0615. The summed E-state index contributed by atoms with van der Waals surface area (Å²) in [5.74, 6) is 3.60. The highest BCUT2D eigenvalue weighted by molar-refractivity contribution is 7.33. The average Bonchev–Trinajstić information content (AvgIpc) is 3.63. The lowest BCUT2D eigenvalue weighted by molar-refractivity contribution is 0.468. The lowest BCUT2D eigenvalue weighted by Gasteiger charge is -2.36. The molecule has 0 saturated carbocycles. The van der Waals surface area contributed by atoms with E-state index in [1.807, 2.05) is 11.3 Å². The molecule has 2 aromatic heterocycles. The Balaban J connectivity index is 1.35. The van der Waals surface area contributed by atoms with Crippen molar-refractivity contribution in [1.29, 1.82) is 0 Å². The molecule has 2 aliphatic heterocycles. The molecule has 0 radical (unpaired) electrons. The van der Waals surface area contributed by atoms with Gasteiger partial charge in [-0.05, 0) is 97.4 Å². The maximum absolute atomic E-state index is 7.29. The molecule has 8 aromatic rings. The predicted molar refractivity (Wildman–Crippen MR) is 221 cm³/mol. The molecule has 0 bridgehead atoms. The third-order valence-electron chi connectivity index (χ3n) is 11.0. The molecule has 0 fully saturated rings. The van der Waals surface area contributed by atoms with E-state index < -0.39 is 0 Å². The van der Waals surface area contributed by atoms with Crippen LogP contribution in [0.5, 0.6) is 23.0 Å². The van der Waals surface area contributed by atoms with E-state index >= 15 is 0 Å². The van der Waals surface area contributed by atoms with Crippen LogP contribution in [0, 0.1) is 20.8 Å². The number of ether oxygens (including phenoxy) is 2. The number of hydrogen-bond acceptors (Lipinski definition) is 4. The van der Waals surface area contributed by atoms with Crippen LogP contribution in [0.15, 0.2) is 109 Å². The molecule has 10 rings (SSSR count). The van der Waals surface area contributed by atoms with Crippen LogP contribution in [0.4, 0.5) is 17.1 Å². The number of anilines is 3. The summed E-state index contributed by atoms with van der Waals surface area (Å²) in [5, 5.41) is 3.62. The van der Waals surface area contributed by atoms with Gasteiger partial charge in [-0.1, -0.05) is 86.5 Å². The first kappa shape index (κ1) is 31.3. The fraction of sp³-hybridized carbons (Fsp3) is 0.174. The fourth-order valence-corrected chi connectivity index (χ4v) is 9.58. The normalized spacial score (nSPS) is 13.2. The van der Waals surface area contributed by atoms with Gasteiger partial charge in [-0.25, -0.2) is 0 Å². The molecule has 0 unspecified atom stereocenters.